The first-order valence-corrected chi connectivity index (χ1v) is 55.2. The zero-order chi connectivity index (χ0) is 101. The van der Waals surface area contributed by atoms with Crippen LogP contribution in [0.2, 0.25) is 0 Å². The molecule has 6 heterocycles. The van der Waals surface area contributed by atoms with E-state index in [0.29, 0.717) is 0 Å². The summed E-state index contributed by atoms with van der Waals surface area (Å²) in [4.78, 5) is 0. The summed E-state index contributed by atoms with van der Waals surface area (Å²) >= 11 is 2.03. The van der Waals surface area contributed by atoms with Gasteiger partial charge < -0.3 is 40.8 Å². The quantitative estimate of drug-likeness (QED) is 0.176. The van der Waals surface area contributed by atoms with Crippen molar-refractivity contribution in [3.05, 3.63) is 0 Å². The zero-order valence-corrected chi connectivity index (χ0v) is 99.6. The number of thioether (sulfide) groups is 1. The summed E-state index contributed by atoms with van der Waals surface area (Å²) in [5.41, 5.74) is 0. The molecule has 5 N–H and O–H groups in total. The van der Waals surface area contributed by atoms with Crippen molar-refractivity contribution < 1.29 is 14.2 Å². The molecule has 766 valence electrons. The summed E-state index contributed by atoms with van der Waals surface area (Å²) in [6.45, 7) is 146. The SMILES string of the molecule is C1CCCC1.C1CCCCC1.C1CCNC1.C1CCOC1.C1CCOCC1.C1CNCCN1.C1COCCN1.C1CSCCN1.CC.CC.CC.CC.CC.CC.CC.CC.CC.CC.CC.CC.CC.CC.CC.CC.CC.CC.CC(C)C.CC(C)C.CC(C)C.CC(C)C.CC(C)C.CC(C)C.CC(C)C.CC(C)C.CC(C)C1CC1. The van der Waals surface area contributed by atoms with Gasteiger partial charge in [0, 0.05) is 90.3 Å². The van der Waals surface area contributed by atoms with E-state index < -0.39 is 0 Å². The van der Waals surface area contributed by atoms with Gasteiger partial charge in [0.1, 0.15) is 0 Å². The van der Waals surface area contributed by atoms with E-state index in [9.17, 15) is 0 Å². The molecule has 0 spiro atoms. The van der Waals surface area contributed by atoms with Crippen molar-refractivity contribution in [3.63, 3.8) is 0 Å². The molecule has 9 rings (SSSR count). The van der Waals surface area contributed by atoms with E-state index >= 15 is 0 Å². The van der Waals surface area contributed by atoms with Crippen molar-refractivity contribution in [2.45, 2.75) is 558 Å². The van der Waals surface area contributed by atoms with Crippen LogP contribution in [-0.4, -0.2) is 117 Å². The summed E-state index contributed by atoms with van der Waals surface area (Å²) in [6.07, 6.45) is 28.8. The monoisotopic (exact) mass is 1750 g/mol. The molecule has 0 unspecified atom stereocenters. The van der Waals surface area contributed by atoms with Gasteiger partial charge in [-0.3, -0.25) is 0 Å². The molecule has 0 bridgehead atoms. The Kier molecular flexibility index (Phi) is 439. The molecule has 6 saturated heterocycles. The first-order valence-electron chi connectivity index (χ1n) is 54.0. The van der Waals surface area contributed by atoms with Crippen LogP contribution in [0.15, 0.2) is 0 Å². The normalized spacial score (nSPS) is 13.5. The van der Waals surface area contributed by atoms with Gasteiger partial charge in [-0.15, -0.1) is 0 Å². The zero-order valence-electron chi connectivity index (χ0n) is 98.8. The van der Waals surface area contributed by atoms with Gasteiger partial charge in [-0.25, -0.2) is 0 Å². The van der Waals surface area contributed by atoms with Crippen molar-refractivity contribution in [1.82, 2.24) is 26.6 Å². The highest BCUT2D eigenvalue weighted by atomic mass is 32.2. The van der Waals surface area contributed by atoms with Crippen LogP contribution in [0.1, 0.15) is 558 Å². The van der Waals surface area contributed by atoms with Gasteiger partial charge in [-0.05, 0) is 130 Å². The lowest BCUT2D eigenvalue weighted by Crippen LogP contribution is -2.39. The maximum absolute atomic E-state index is 5.07. The van der Waals surface area contributed by atoms with E-state index in [4.69, 9.17) is 14.2 Å². The predicted molar refractivity (Wildman–Crippen MR) is 593 cm³/mol. The number of morpholine rings is 1. The summed E-state index contributed by atoms with van der Waals surface area (Å²) in [6, 6.07) is 0. The van der Waals surface area contributed by atoms with Crippen LogP contribution in [0.4, 0.5) is 0 Å². The fourth-order valence-electron chi connectivity index (χ4n) is 6.16. The largest absolute Gasteiger partial charge is 0.381 e. The average molecular weight is 1750 g/mol. The third-order valence-electron chi connectivity index (χ3n) is 9.83. The Morgan fingerprint density at radius 1 is 0.168 bits per heavy atom. The van der Waals surface area contributed by atoms with E-state index in [1.807, 2.05) is 261 Å². The number of hydrogen-bond acceptors (Lipinski definition) is 9. The van der Waals surface area contributed by atoms with Gasteiger partial charge >= 0.3 is 0 Å². The smallest absolute Gasteiger partial charge is 0.0591 e. The van der Waals surface area contributed by atoms with Crippen LogP contribution in [0, 0.1) is 59.2 Å². The van der Waals surface area contributed by atoms with Crippen molar-refractivity contribution in [2.24, 2.45) is 59.2 Å². The molecule has 0 amide bonds. The molecule has 9 aliphatic rings. The molecule has 3 saturated carbocycles. The van der Waals surface area contributed by atoms with E-state index in [1.165, 1.54) is 166 Å². The summed E-state index contributed by atoms with van der Waals surface area (Å²) < 4.78 is 15.0. The number of nitrogens with one attached hydrogen (secondary N) is 5. The number of hydrogen-bond donors (Lipinski definition) is 5. The molecule has 9 heteroatoms. The van der Waals surface area contributed by atoms with Gasteiger partial charge in [0.15, 0.2) is 0 Å². The van der Waals surface area contributed by atoms with Crippen LogP contribution in [-0.2, 0) is 14.2 Å². The van der Waals surface area contributed by atoms with Gasteiger partial charge in [-0.1, -0.05) is 500 Å². The second kappa shape index (κ2) is 272. The van der Waals surface area contributed by atoms with E-state index in [1.54, 1.807) is 0 Å². The fourth-order valence-corrected chi connectivity index (χ4v) is 6.95. The highest BCUT2D eigenvalue weighted by molar-refractivity contribution is 7.99. The Labute approximate surface area is 781 Å². The second-order valence-corrected chi connectivity index (χ2v) is 30.2. The minimum Gasteiger partial charge on any atom is -0.381 e. The predicted octanol–water partition coefficient (Wildman–Crippen LogP) is 39.6. The van der Waals surface area contributed by atoms with Gasteiger partial charge in [0.2, 0.25) is 0 Å². The Morgan fingerprint density at radius 3 is 0.361 bits per heavy atom. The molecule has 0 atom stereocenters. The molecule has 3 aliphatic carbocycles. The van der Waals surface area contributed by atoms with Gasteiger partial charge in [0.05, 0.1) is 13.2 Å². The molecule has 119 heavy (non-hydrogen) atoms. The number of ether oxygens (including phenoxy) is 3. The van der Waals surface area contributed by atoms with Crippen molar-refractivity contribution >= 4 is 11.8 Å². The van der Waals surface area contributed by atoms with Gasteiger partial charge in [-0.2, -0.15) is 11.8 Å². The van der Waals surface area contributed by atoms with Crippen molar-refractivity contribution in [2.75, 3.05) is 117 Å². The minimum atomic E-state index is 0.833. The van der Waals surface area contributed by atoms with Crippen molar-refractivity contribution in [3.8, 4) is 0 Å². The van der Waals surface area contributed by atoms with E-state index in [0.717, 1.165) is 138 Å². The first-order chi connectivity index (χ1) is 57.2. The van der Waals surface area contributed by atoms with Crippen LogP contribution in [0.25, 0.3) is 0 Å². The fraction of sp³-hybridized carbons (Fsp3) is 1.00. The highest BCUT2D eigenvalue weighted by Crippen LogP contribution is 2.35. The van der Waals surface area contributed by atoms with Crippen molar-refractivity contribution in [1.29, 1.82) is 0 Å². The Bertz CT molecular complexity index is 701. The Balaban J connectivity index is -0.0000000315. The summed E-state index contributed by atoms with van der Waals surface area (Å²) in [5.74, 6) is 11.3. The lowest BCUT2D eigenvalue weighted by atomic mass is 10.0. The third kappa shape index (κ3) is 587. The molecule has 0 aromatic carbocycles. The molecule has 0 aromatic heterocycles. The maximum Gasteiger partial charge on any atom is 0.0591 e. The Hall–Kier alpha value is 0.0300. The number of piperazine rings is 1. The molecule has 0 aromatic rings. The van der Waals surface area contributed by atoms with Gasteiger partial charge in [0.25, 0.3) is 0 Å². The second-order valence-electron chi connectivity index (χ2n) is 29.0. The van der Waals surface area contributed by atoms with Crippen LogP contribution < -0.4 is 26.6 Å². The molecule has 9 fully saturated rings. The minimum absolute atomic E-state index is 0.833. The standard InChI is InChI=1S/2C6H12.C5H10O.C5H10.C4H10N2.C4H9NO.C4H9NS.C4H9N.C4H8O.8C4H10.18C2H6/c1-5(2)6-3-4-6;2*1-2-4-6-5-3-1;1-2-4-5-3-1;1-2-6-4-3-5-1;2*1-3-6-4-2-5-1;2*1-2-4-5-3-1;8*1-4(2)3;18*1-2/h5-6H,3-4H2,1-2H3;1-6H2;1-5H2;1-5H2;5-6H,1-4H2;2*5H,1-4H2;5H,1-4H2;1-4H2;8*4H,1-3H3;18*1-2H3. The topological polar surface area (TPSA) is 87.8 Å². The van der Waals surface area contributed by atoms with Crippen LogP contribution in [0.3, 0.4) is 0 Å². The molecule has 8 nitrogen and oxygen atoms in total. The summed E-state index contributed by atoms with van der Waals surface area (Å²) in [5, 5.41) is 16.1. The maximum atomic E-state index is 5.07. The highest BCUT2D eigenvalue weighted by Gasteiger charge is 2.24. The average Bonchev–Trinajstić information content (AvgIpc) is 1.78. The first kappa shape index (κ1) is 192. The van der Waals surface area contributed by atoms with E-state index in [-0.39, 0.29) is 0 Å². The lowest BCUT2D eigenvalue weighted by Gasteiger charge is -2.11. The lowest BCUT2D eigenvalue weighted by molar-refractivity contribution is 0.0968. The Morgan fingerprint density at radius 2 is 0.303 bits per heavy atom. The molecule has 6 aliphatic heterocycles. The molecular weight excluding hydrogens is 1470 g/mol. The van der Waals surface area contributed by atoms with Crippen LogP contribution >= 0.6 is 11.8 Å². The number of rotatable bonds is 1. The molecule has 0 radical (unpaired) electrons. The summed E-state index contributed by atoms with van der Waals surface area (Å²) in [7, 11) is 0. The van der Waals surface area contributed by atoms with E-state index in [2.05, 4.69) is 207 Å². The molecular formula is C110H277N5O3S. The third-order valence-corrected chi connectivity index (χ3v) is 10.8. The van der Waals surface area contributed by atoms with Crippen LogP contribution in [0.5, 0.6) is 0 Å².